The lowest BCUT2D eigenvalue weighted by Crippen LogP contribution is -2.45. The molecule has 0 saturated carbocycles. The first-order valence-corrected chi connectivity index (χ1v) is 8.18. The Morgan fingerprint density at radius 3 is 2.29 bits per heavy atom. The molecule has 0 radical (unpaired) electrons. The molecule has 0 amide bonds. The molecule has 0 aromatic heterocycles. The minimum absolute atomic E-state index is 0. The third-order valence-corrected chi connectivity index (χ3v) is 4.41. The average Bonchev–Trinajstić information content (AvgIpc) is 2.61. The SMILES string of the molecule is CCC(CC)(CNC(=NC)NCCC(=O)OC)c1ccccc1.I. The molecule has 0 aliphatic rings. The molecule has 1 aromatic carbocycles. The number of benzene rings is 1. The summed E-state index contributed by atoms with van der Waals surface area (Å²) in [4.78, 5) is 15.4. The molecule has 0 spiro atoms. The normalized spacial score (nSPS) is 11.4. The Hall–Kier alpha value is -1.31. The summed E-state index contributed by atoms with van der Waals surface area (Å²) in [5.41, 5.74) is 1.41. The van der Waals surface area contributed by atoms with Crippen LogP contribution in [0.3, 0.4) is 0 Å². The highest BCUT2D eigenvalue weighted by Crippen LogP contribution is 2.30. The first kappa shape index (κ1) is 22.7. The predicted octanol–water partition coefficient (Wildman–Crippen LogP) is 3.09. The zero-order valence-electron chi connectivity index (χ0n) is 15.1. The van der Waals surface area contributed by atoms with Crippen molar-refractivity contribution in [3.8, 4) is 0 Å². The molecule has 1 aromatic rings. The second-order valence-corrected chi connectivity index (χ2v) is 5.53. The molecule has 0 bridgehead atoms. The van der Waals surface area contributed by atoms with E-state index < -0.39 is 0 Å². The van der Waals surface area contributed by atoms with Crippen LogP contribution in [-0.2, 0) is 14.9 Å². The van der Waals surface area contributed by atoms with E-state index >= 15 is 0 Å². The maximum Gasteiger partial charge on any atom is 0.307 e. The van der Waals surface area contributed by atoms with Crippen LogP contribution in [-0.4, -0.2) is 39.2 Å². The van der Waals surface area contributed by atoms with Crippen LogP contribution in [0.2, 0.25) is 0 Å². The number of carbonyl (C=O) groups excluding carboxylic acids is 1. The summed E-state index contributed by atoms with van der Waals surface area (Å²) in [7, 11) is 3.13. The van der Waals surface area contributed by atoms with Gasteiger partial charge in [0.25, 0.3) is 0 Å². The molecule has 0 aliphatic heterocycles. The molecule has 2 N–H and O–H groups in total. The highest BCUT2D eigenvalue weighted by Gasteiger charge is 2.28. The van der Waals surface area contributed by atoms with Crippen LogP contribution >= 0.6 is 24.0 Å². The zero-order valence-corrected chi connectivity index (χ0v) is 17.4. The minimum Gasteiger partial charge on any atom is -0.469 e. The van der Waals surface area contributed by atoms with E-state index in [-0.39, 0.29) is 35.4 Å². The van der Waals surface area contributed by atoms with Crippen molar-refractivity contribution in [3.63, 3.8) is 0 Å². The summed E-state index contributed by atoms with van der Waals surface area (Å²) in [5, 5.41) is 6.53. The molecular formula is C18H30IN3O2. The maximum absolute atomic E-state index is 11.2. The third-order valence-electron chi connectivity index (χ3n) is 4.41. The summed E-state index contributed by atoms with van der Waals surface area (Å²) in [6, 6.07) is 10.6. The van der Waals surface area contributed by atoms with Gasteiger partial charge in [0.15, 0.2) is 5.96 Å². The van der Waals surface area contributed by atoms with Crippen LogP contribution in [0.25, 0.3) is 0 Å². The first-order chi connectivity index (χ1) is 11.1. The van der Waals surface area contributed by atoms with E-state index in [1.807, 2.05) is 6.07 Å². The number of aliphatic imine (C=N–C) groups is 1. The Morgan fingerprint density at radius 1 is 1.17 bits per heavy atom. The topological polar surface area (TPSA) is 62.7 Å². The van der Waals surface area contributed by atoms with Gasteiger partial charge < -0.3 is 15.4 Å². The number of esters is 1. The van der Waals surface area contributed by atoms with E-state index in [0.717, 1.165) is 19.4 Å². The van der Waals surface area contributed by atoms with Crippen LogP contribution < -0.4 is 10.6 Å². The fourth-order valence-corrected chi connectivity index (χ4v) is 2.66. The van der Waals surface area contributed by atoms with E-state index in [2.05, 4.69) is 58.5 Å². The van der Waals surface area contributed by atoms with Crippen molar-refractivity contribution in [2.24, 2.45) is 4.99 Å². The molecule has 1 rings (SSSR count). The van der Waals surface area contributed by atoms with E-state index in [0.29, 0.717) is 18.9 Å². The number of rotatable bonds is 8. The van der Waals surface area contributed by atoms with Crippen molar-refractivity contribution in [2.45, 2.75) is 38.5 Å². The van der Waals surface area contributed by atoms with Crippen molar-refractivity contribution in [3.05, 3.63) is 35.9 Å². The monoisotopic (exact) mass is 447 g/mol. The Morgan fingerprint density at radius 2 is 1.79 bits per heavy atom. The van der Waals surface area contributed by atoms with E-state index in [1.54, 1.807) is 7.05 Å². The van der Waals surface area contributed by atoms with Crippen molar-refractivity contribution < 1.29 is 9.53 Å². The van der Waals surface area contributed by atoms with Gasteiger partial charge in [0.1, 0.15) is 0 Å². The van der Waals surface area contributed by atoms with Gasteiger partial charge in [-0.3, -0.25) is 9.79 Å². The van der Waals surface area contributed by atoms with Gasteiger partial charge in [0.05, 0.1) is 13.5 Å². The number of carbonyl (C=O) groups is 1. The summed E-state index contributed by atoms with van der Waals surface area (Å²) in [6.07, 6.45) is 2.40. The first-order valence-electron chi connectivity index (χ1n) is 8.18. The molecule has 136 valence electrons. The number of guanidine groups is 1. The van der Waals surface area contributed by atoms with Gasteiger partial charge in [0, 0.05) is 25.6 Å². The van der Waals surface area contributed by atoms with E-state index in [1.165, 1.54) is 12.7 Å². The molecular weight excluding hydrogens is 417 g/mol. The Balaban J connectivity index is 0.00000529. The number of hydrogen-bond donors (Lipinski definition) is 2. The molecule has 24 heavy (non-hydrogen) atoms. The van der Waals surface area contributed by atoms with E-state index in [4.69, 9.17) is 0 Å². The van der Waals surface area contributed by atoms with Crippen molar-refractivity contribution in [1.29, 1.82) is 0 Å². The number of hydrogen-bond acceptors (Lipinski definition) is 3. The molecule has 0 heterocycles. The van der Waals surface area contributed by atoms with Crippen molar-refractivity contribution in [2.75, 3.05) is 27.2 Å². The van der Waals surface area contributed by atoms with E-state index in [9.17, 15) is 4.79 Å². The minimum atomic E-state index is -0.228. The highest BCUT2D eigenvalue weighted by atomic mass is 127. The van der Waals surface area contributed by atoms with Gasteiger partial charge in [-0.25, -0.2) is 0 Å². The number of halogens is 1. The van der Waals surface area contributed by atoms with Crippen LogP contribution in [0, 0.1) is 0 Å². The second-order valence-electron chi connectivity index (χ2n) is 5.53. The van der Waals surface area contributed by atoms with Gasteiger partial charge in [-0.1, -0.05) is 44.2 Å². The molecule has 0 unspecified atom stereocenters. The average molecular weight is 447 g/mol. The summed E-state index contributed by atoms with van der Waals surface area (Å²) < 4.78 is 4.63. The standard InChI is InChI=1S/C18H29N3O2.HI/c1-5-18(6-2,15-10-8-7-9-11-15)14-21-17(19-3)20-13-12-16(22)23-4;/h7-11H,5-6,12-14H2,1-4H3,(H2,19,20,21);1H. The highest BCUT2D eigenvalue weighted by molar-refractivity contribution is 14.0. The third kappa shape index (κ3) is 6.67. The largest absolute Gasteiger partial charge is 0.469 e. The second kappa shape index (κ2) is 12.1. The van der Waals surface area contributed by atoms with Gasteiger partial charge in [-0.2, -0.15) is 0 Å². The fraction of sp³-hybridized carbons (Fsp3) is 0.556. The van der Waals surface area contributed by atoms with Crippen LogP contribution in [0.15, 0.2) is 35.3 Å². The summed E-state index contributed by atoms with van der Waals surface area (Å²) >= 11 is 0. The number of nitrogens with zero attached hydrogens (tertiary/aromatic N) is 1. The zero-order chi connectivity index (χ0) is 17.1. The molecule has 0 aliphatic carbocycles. The van der Waals surface area contributed by atoms with Crippen molar-refractivity contribution >= 4 is 35.9 Å². The predicted molar refractivity (Wildman–Crippen MR) is 110 cm³/mol. The number of ether oxygens (including phenoxy) is 1. The van der Waals surface area contributed by atoms with Crippen LogP contribution in [0.1, 0.15) is 38.7 Å². The molecule has 0 saturated heterocycles. The maximum atomic E-state index is 11.2. The Labute approximate surface area is 162 Å². The van der Waals surface area contributed by atoms with Crippen LogP contribution in [0.5, 0.6) is 0 Å². The lowest BCUT2D eigenvalue weighted by atomic mass is 9.76. The Kier molecular flexibility index (Phi) is 11.4. The molecule has 5 nitrogen and oxygen atoms in total. The van der Waals surface area contributed by atoms with Gasteiger partial charge in [-0.05, 0) is 18.4 Å². The summed E-state index contributed by atoms with van der Waals surface area (Å²) in [5.74, 6) is 0.477. The summed E-state index contributed by atoms with van der Waals surface area (Å²) in [6.45, 7) is 5.72. The lowest BCUT2D eigenvalue weighted by Gasteiger charge is -2.33. The van der Waals surface area contributed by atoms with Gasteiger partial charge in [-0.15, -0.1) is 24.0 Å². The van der Waals surface area contributed by atoms with Crippen molar-refractivity contribution in [1.82, 2.24) is 10.6 Å². The Bertz CT molecular complexity index is 502. The number of nitrogens with one attached hydrogen (secondary N) is 2. The van der Waals surface area contributed by atoms with Crippen LogP contribution in [0.4, 0.5) is 0 Å². The quantitative estimate of drug-likeness (QED) is 0.278. The molecule has 0 atom stereocenters. The molecule has 6 heteroatoms. The molecule has 0 fully saturated rings. The van der Waals surface area contributed by atoms with Gasteiger partial charge in [0.2, 0.25) is 0 Å². The smallest absolute Gasteiger partial charge is 0.307 e. The number of methoxy groups -OCH3 is 1. The van der Waals surface area contributed by atoms with Gasteiger partial charge >= 0.3 is 5.97 Å². The lowest BCUT2D eigenvalue weighted by molar-refractivity contribution is -0.140. The fourth-order valence-electron chi connectivity index (χ4n) is 2.66.